The number of rotatable bonds is 1. The van der Waals surface area contributed by atoms with Crippen molar-refractivity contribution in [3.63, 3.8) is 0 Å². The highest BCUT2D eigenvalue weighted by atomic mass is 16.6. The molecule has 4 aliphatic carbocycles. The van der Waals surface area contributed by atoms with Crippen molar-refractivity contribution in [2.45, 2.75) is 88.3 Å². The summed E-state index contributed by atoms with van der Waals surface area (Å²) in [5, 5.41) is 33.1. The Kier molecular flexibility index (Phi) is 3.88. The minimum atomic E-state index is -0.727. The van der Waals surface area contributed by atoms with Gasteiger partial charge in [0, 0.05) is 17.4 Å². The molecule has 1 saturated heterocycles. The maximum Gasteiger partial charge on any atom is 0.335 e. The first-order valence-electron chi connectivity index (χ1n) is 11.5. The van der Waals surface area contributed by atoms with Crippen LogP contribution in [0.3, 0.4) is 0 Å². The fourth-order valence-corrected chi connectivity index (χ4v) is 8.77. The van der Waals surface area contributed by atoms with Gasteiger partial charge >= 0.3 is 5.63 Å². The Morgan fingerprint density at radius 2 is 1.83 bits per heavy atom. The summed E-state index contributed by atoms with van der Waals surface area (Å²) in [5.41, 5.74) is -0.714. The molecule has 1 aromatic heterocycles. The maximum absolute atomic E-state index is 11.6. The SMILES string of the molecule is C[C@]12CC[C@H](O)C[C@H]1CCC1[C@@H]2C[C@@H](O)[C@]2(C)[C@@H](c3ccc(=O)oc3)[C@@H](O)[C@H]3OC132. The third-order valence-electron chi connectivity index (χ3n) is 10.3. The van der Waals surface area contributed by atoms with Crippen LogP contribution in [0.4, 0.5) is 0 Å². The van der Waals surface area contributed by atoms with Gasteiger partial charge in [-0.05, 0) is 73.3 Å². The molecule has 0 aromatic carbocycles. The van der Waals surface area contributed by atoms with Crippen molar-refractivity contribution in [2.75, 3.05) is 0 Å². The van der Waals surface area contributed by atoms with Crippen molar-refractivity contribution >= 4 is 0 Å². The van der Waals surface area contributed by atoms with Gasteiger partial charge in [-0.2, -0.15) is 0 Å². The van der Waals surface area contributed by atoms with E-state index < -0.39 is 28.8 Å². The van der Waals surface area contributed by atoms with Gasteiger partial charge in [0.05, 0.1) is 24.6 Å². The van der Waals surface area contributed by atoms with E-state index in [1.165, 1.54) is 12.3 Å². The lowest BCUT2D eigenvalue weighted by molar-refractivity contribution is -0.187. The van der Waals surface area contributed by atoms with Gasteiger partial charge in [-0.15, -0.1) is 0 Å². The van der Waals surface area contributed by atoms with Crippen molar-refractivity contribution in [2.24, 2.45) is 28.6 Å². The molecule has 11 atom stereocenters. The third-order valence-corrected chi connectivity index (χ3v) is 10.3. The molecule has 0 bridgehead atoms. The van der Waals surface area contributed by atoms with Crippen molar-refractivity contribution in [3.05, 3.63) is 34.4 Å². The third kappa shape index (κ3) is 2.11. The molecule has 2 heterocycles. The molecule has 5 fully saturated rings. The van der Waals surface area contributed by atoms with Crippen LogP contribution in [0.2, 0.25) is 0 Å². The highest BCUT2D eigenvalue weighted by Crippen LogP contribution is 2.77. The van der Waals surface area contributed by atoms with E-state index in [1.807, 2.05) is 0 Å². The summed E-state index contributed by atoms with van der Waals surface area (Å²) in [7, 11) is 0. The summed E-state index contributed by atoms with van der Waals surface area (Å²) in [6, 6.07) is 3.11. The highest BCUT2D eigenvalue weighted by Gasteiger charge is 2.85. The molecule has 3 N–H and O–H groups in total. The molecule has 6 heteroatoms. The number of hydrogen-bond donors (Lipinski definition) is 3. The summed E-state index contributed by atoms with van der Waals surface area (Å²) in [6.45, 7) is 4.43. The van der Waals surface area contributed by atoms with E-state index in [0.717, 1.165) is 37.7 Å². The molecule has 2 unspecified atom stereocenters. The van der Waals surface area contributed by atoms with E-state index in [-0.39, 0.29) is 23.5 Å². The Morgan fingerprint density at radius 1 is 1.03 bits per heavy atom. The fraction of sp³-hybridized carbons (Fsp3) is 0.792. The minimum absolute atomic E-state index is 0.0955. The lowest BCUT2D eigenvalue weighted by atomic mass is 9.43. The van der Waals surface area contributed by atoms with Gasteiger partial charge in [0.2, 0.25) is 0 Å². The zero-order chi connectivity index (χ0) is 21.1. The van der Waals surface area contributed by atoms with E-state index in [4.69, 9.17) is 9.15 Å². The lowest BCUT2D eigenvalue weighted by Crippen LogP contribution is -2.63. The predicted octanol–water partition coefficient (Wildman–Crippen LogP) is 2.20. The van der Waals surface area contributed by atoms with Gasteiger partial charge < -0.3 is 24.5 Å². The van der Waals surface area contributed by atoms with Crippen LogP contribution in [0.5, 0.6) is 0 Å². The van der Waals surface area contributed by atoms with E-state index >= 15 is 0 Å². The standard InChI is InChI=1S/C24H32O6/c1-22-8-7-14(25)9-13(22)4-5-15-16(22)10-17(26)23(2)19(12-3-6-18(27)29-11-12)20(28)21-24(15,23)30-21/h3,6,11,13-17,19-21,25-26,28H,4-5,7-10H2,1-2H3/t13-,14+,15?,16+,17-,19+,20-,21-,22+,23-,24?/m1/s1. The quantitative estimate of drug-likeness (QED) is 0.607. The Morgan fingerprint density at radius 3 is 2.57 bits per heavy atom. The van der Waals surface area contributed by atoms with Gasteiger partial charge in [-0.25, -0.2) is 4.79 Å². The largest absolute Gasteiger partial charge is 0.431 e. The number of hydrogen-bond acceptors (Lipinski definition) is 6. The van der Waals surface area contributed by atoms with Gasteiger partial charge in [0.25, 0.3) is 0 Å². The Labute approximate surface area is 176 Å². The molecule has 4 saturated carbocycles. The fourth-order valence-electron chi connectivity index (χ4n) is 8.77. The first-order chi connectivity index (χ1) is 14.2. The van der Waals surface area contributed by atoms with Crippen LogP contribution in [0, 0.1) is 28.6 Å². The second-order valence-corrected chi connectivity index (χ2v) is 11.1. The van der Waals surface area contributed by atoms with Gasteiger partial charge in [0.1, 0.15) is 11.7 Å². The molecule has 30 heavy (non-hydrogen) atoms. The number of aliphatic hydroxyl groups is 3. The van der Waals surface area contributed by atoms with Crippen LogP contribution in [0.1, 0.15) is 63.9 Å². The molecule has 1 spiro atoms. The first kappa shape index (κ1) is 19.5. The van der Waals surface area contributed by atoms with Gasteiger partial charge in [0.15, 0.2) is 0 Å². The Hall–Kier alpha value is -1.21. The van der Waals surface area contributed by atoms with Crippen LogP contribution in [-0.4, -0.2) is 45.3 Å². The summed E-state index contributed by atoms with van der Waals surface area (Å²) in [5.74, 6) is 0.785. The maximum atomic E-state index is 11.6. The van der Waals surface area contributed by atoms with Crippen molar-refractivity contribution in [1.29, 1.82) is 0 Å². The molecular formula is C24H32O6. The highest BCUT2D eigenvalue weighted by molar-refractivity contribution is 5.39. The second kappa shape index (κ2) is 5.97. The molecule has 6 rings (SSSR count). The molecular weight excluding hydrogens is 384 g/mol. The topological polar surface area (TPSA) is 103 Å². The van der Waals surface area contributed by atoms with Crippen LogP contribution >= 0.6 is 0 Å². The first-order valence-corrected chi connectivity index (χ1v) is 11.5. The monoisotopic (exact) mass is 416 g/mol. The average molecular weight is 417 g/mol. The van der Waals surface area contributed by atoms with Crippen LogP contribution in [0.15, 0.2) is 27.6 Å². The summed E-state index contributed by atoms with van der Waals surface area (Å²) in [6.07, 6.45) is 5.08. The molecule has 0 amide bonds. The van der Waals surface area contributed by atoms with E-state index in [1.54, 1.807) is 6.07 Å². The van der Waals surface area contributed by atoms with Crippen molar-refractivity contribution in [3.8, 4) is 0 Å². The number of aliphatic hydroxyl groups excluding tert-OH is 3. The van der Waals surface area contributed by atoms with Crippen LogP contribution in [-0.2, 0) is 4.74 Å². The molecule has 1 aromatic rings. The number of epoxide rings is 1. The van der Waals surface area contributed by atoms with Crippen molar-refractivity contribution in [1.82, 2.24) is 0 Å². The summed E-state index contributed by atoms with van der Waals surface area (Å²) in [4.78, 5) is 11.5. The molecule has 164 valence electrons. The van der Waals surface area contributed by atoms with Crippen LogP contribution in [0.25, 0.3) is 0 Å². The molecule has 0 radical (unpaired) electrons. The van der Waals surface area contributed by atoms with Gasteiger partial charge in [-0.3, -0.25) is 0 Å². The van der Waals surface area contributed by atoms with Gasteiger partial charge in [-0.1, -0.05) is 13.8 Å². The normalized spacial score (nSPS) is 56.4. The van der Waals surface area contributed by atoms with E-state index in [9.17, 15) is 20.1 Å². The number of fused-ring (bicyclic) bond motifs is 3. The summed E-state index contributed by atoms with van der Waals surface area (Å²) < 4.78 is 11.5. The summed E-state index contributed by atoms with van der Waals surface area (Å²) >= 11 is 0. The zero-order valence-electron chi connectivity index (χ0n) is 17.7. The predicted molar refractivity (Wildman–Crippen MR) is 108 cm³/mol. The lowest BCUT2D eigenvalue weighted by Gasteiger charge is -2.62. The minimum Gasteiger partial charge on any atom is -0.431 e. The molecule has 6 nitrogen and oxygen atoms in total. The van der Waals surface area contributed by atoms with Crippen molar-refractivity contribution < 1.29 is 24.5 Å². The zero-order valence-corrected chi connectivity index (χ0v) is 17.7. The Balaban J connectivity index is 1.42. The smallest absolute Gasteiger partial charge is 0.335 e. The average Bonchev–Trinajstić information content (AvgIpc) is 3.42. The molecule has 5 aliphatic rings. The second-order valence-electron chi connectivity index (χ2n) is 11.1. The molecule has 1 aliphatic heterocycles. The Bertz CT molecular complexity index is 908. The number of ether oxygens (including phenoxy) is 1. The van der Waals surface area contributed by atoms with E-state index in [2.05, 4.69) is 13.8 Å². The van der Waals surface area contributed by atoms with E-state index in [0.29, 0.717) is 24.2 Å². The van der Waals surface area contributed by atoms with Crippen LogP contribution < -0.4 is 5.63 Å².